The maximum absolute atomic E-state index is 11.5. The number of likely N-dealkylation sites (N-methyl/N-ethyl adjacent to an activating group) is 1. The number of carbonyl (C=O) groups excluding carboxylic acids is 1. The molecule has 0 aliphatic heterocycles. The summed E-state index contributed by atoms with van der Waals surface area (Å²) in [6, 6.07) is 5.85. The standard InChI is InChI=1S/C14H21BrN2O2/c1-4-12(16)8-10-7-11(15)5-6-13(10)19-9-14(18)17(2)3/h5-7,12H,4,8-9,16H2,1-3H3. The highest BCUT2D eigenvalue weighted by Crippen LogP contribution is 2.24. The fourth-order valence-electron chi connectivity index (χ4n) is 1.54. The number of halogens is 1. The van der Waals surface area contributed by atoms with E-state index in [-0.39, 0.29) is 18.6 Å². The fraction of sp³-hybridized carbons (Fsp3) is 0.500. The van der Waals surface area contributed by atoms with Crippen molar-refractivity contribution in [1.82, 2.24) is 4.90 Å². The van der Waals surface area contributed by atoms with E-state index in [2.05, 4.69) is 22.9 Å². The van der Waals surface area contributed by atoms with E-state index < -0.39 is 0 Å². The van der Waals surface area contributed by atoms with Crippen LogP contribution < -0.4 is 10.5 Å². The Morgan fingerprint density at radius 1 is 1.47 bits per heavy atom. The Morgan fingerprint density at radius 3 is 2.74 bits per heavy atom. The Morgan fingerprint density at radius 2 is 2.16 bits per heavy atom. The van der Waals surface area contributed by atoms with Crippen LogP contribution in [0.2, 0.25) is 0 Å². The van der Waals surface area contributed by atoms with Crippen molar-refractivity contribution in [2.45, 2.75) is 25.8 Å². The molecule has 19 heavy (non-hydrogen) atoms. The largest absolute Gasteiger partial charge is 0.483 e. The summed E-state index contributed by atoms with van der Waals surface area (Å²) in [6.45, 7) is 2.10. The quantitative estimate of drug-likeness (QED) is 0.870. The zero-order chi connectivity index (χ0) is 14.4. The van der Waals surface area contributed by atoms with Crippen LogP contribution in [0, 0.1) is 0 Å². The van der Waals surface area contributed by atoms with Gasteiger partial charge in [0.15, 0.2) is 6.61 Å². The summed E-state index contributed by atoms with van der Waals surface area (Å²) in [6.07, 6.45) is 1.64. The lowest BCUT2D eigenvalue weighted by Gasteiger charge is -2.16. The SMILES string of the molecule is CCC(N)Cc1cc(Br)ccc1OCC(=O)N(C)C. The minimum atomic E-state index is -0.0614. The molecular weight excluding hydrogens is 308 g/mol. The number of nitrogens with zero attached hydrogens (tertiary/aromatic N) is 1. The molecule has 1 aromatic carbocycles. The van der Waals surface area contributed by atoms with E-state index in [0.29, 0.717) is 0 Å². The van der Waals surface area contributed by atoms with Gasteiger partial charge in [0.05, 0.1) is 0 Å². The van der Waals surface area contributed by atoms with Crippen molar-refractivity contribution in [3.8, 4) is 5.75 Å². The Bertz CT molecular complexity index is 435. The topological polar surface area (TPSA) is 55.6 Å². The summed E-state index contributed by atoms with van der Waals surface area (Å²) in [5.74, 6) is 0.663. The molecule has 0 saturated heterocycles. The van der Waals surface area contributed by atoms with Crippen LogP contribution in [0.15, 0.2) is 22.7 Å². The molecule has 0 heterocycles. The van der Waals surface area contributed by atoms with E-state index in [4.69, 9.17) is 10.5 Å². The molecule has 0 aliphatic carbocycles. The second kappa shape index (κ2) is 7.50. The molecule has 5 heteroatoms. The number of rotatable bonds is 6. The summed E-state index contributed by atoms with van der Waals surface area (Å²) in [5, 5.41) is 0. The molecule has 1 aromatic rings. The van der Waals surface area contributed by atoms with Crippen LogP contribution in [0.1, 0.15) is 18.9 Å². The van der Waals surface area contributed by atoms with Crippen molar-refractivity contribution in [2.24, 2.45) is 5.73 Å². The van der Waals surface area contributed by atoms with Gasteiger partial charge in [-0.05, 0) is 36.6 Å². The summed E-state index contributed by atoms with van der Waals surface area (Å²) < 4.78 is 6.58. The van der Waals surface area contributed by atoms with Gasteiger partial charge in [-0.15, -0.1) is 0 Å². The lowest BCUT2D eigenvalue weighted by molar-refractivity contribution is -0.130. The average Bonchev–Trinajstić information content (AvgIpc) is 2.37. The first-order valence-electron chi connectivity index (χ1n) is 6.31. The number of amides is 1. The van der Waals surface area contributed by atoms with Gasteiger partial charge in [-0.1, -0.05) is 22.9 Å². The zero-order valence-corrected chi connectivity index (χ0v) is 13.2. The molecule has 0 aromatic heterocycles. The monoisotopic (exact) mass is 328 g/mol. The first-order valence-corrected chi connectivity index (χ1v) is 7.10. The van der Waals surface area contributed by atoms with Crippen LogP contribution >= 0.6 is 15.9 Å². The van der Waals surface area contributed by atoms with E-state index in [9.17, 15) is 4.79 Å². The Balaban J connectivity index is 2.78. The fourth-order valence-corrected chi connectivity index (χ4v) is 1.95. The minimum Gasteiger partial charge on any atom is -0.483 e. The third-order valence-corrected chi connectivity index (χ3v) is 3.37. The predicted octanol–water partition coefficient (Wildman–Crippen LogP) is 2.20. The summed E-state index contributed by atoms with van der Waals surface area (Å²) in [7, 11) is 3.42. The average molecular weight is 329 g/mol. The number of benzene rings is 1. The van der Waals surface area contributed by atoms with Crippen molar-refractivity contribution in [1.29, 1.82) is 0 Å². The smallest absolute Gasteiger partial charge is 0.259 e. The molecule has 0 saturated carbocycles. The van der Waals surface area contributed by atoms with Gasteiger partial charge >= 0.3 is 0 Å². The van der Waals surface area contributed by atoms with E-state index in [1.807, 2.05) is 18.2 Å². The van der Waals surface area contributed by atoms with Crippen LogP contribution in [0.5, 0.6) is 5.75 Å². The lowest BCUT2D eigenvalue weighted by Crippen LogP contribution is -2.28. The van der Waals surface area contributed by atoms with Crippen LogP contribution in [-0.2, 0) is 11.2 Å². The molecular formula is C14H21BrN2O2. The zero-order valence-electron chi connectivity index (χ0n) is 11.6. The van der Waals surface area contributed by atoms with Gasteiger partial charge < -0.3 is 15.4 Å². The van der Waals surface area contributed by atoms with Crippen molar-refractivity contribution >= 4 is 21.8 Å². The second-order valence-electron chi connectivity index (χ2n) is 4.70. The van der Waals surface area contributed by atoms with Crippen molar-refractivity contribution < 1.29 is 9.53 Å². The second-order valence-corrected chi connectivity index (χ2v) is 5.62. The summed E-state index contributed by atoms with van der Waals surface area (Å²) in [4.78, 5) is 13.0. The van der Waals surface area contributed by atoms with Crippen molar-refractivity contribution in [2.75, 3.05) is 20.7 Å². The normalized spacial score (nSPS) is 12.1. The molecule has 0 bridgehead atoms. The third-order valence-electron chi connectivity index (χ3n) is 2.88. The van der Waals surface area contributed by atoms with Crippen molar-refractivity contribution in [3.63, 3.8) is 0 Å². The maximum atomic E-state index is 11.5. The predicted molar refractivity (Wildman–Crippen MR) is 80.3 cm³/mol. The number of carbonyl (C=O) groups is 1. The Labute approximate surface area is 123 Å². The molecule has 1 amide bonds. The number of hydrogen-bond acceptors (Lipinski definition) is 3. The Kier molecular flexibility index (Phi) is 6.31. The molecule has 1 rings (SSSR count). The highest BCUT2D eigenvalue weighted by atomic mass is 79.9. The van der Waals surface area contributed by atoms with E-state index in [0.717, 1.165) is 28.6 Å². The molecule has 0 spiro atoms. The highest BCUT2D eigenvalue weighted by Gasteiger charge is 2.11. The van der Waals surface area contributed by atoms with Gasteiger partial charge in [-0.2, -0.15) is 0 Å². The maximum Gasteiger partial charge on any atom is 0.259 e. The molecule has 0 radical (unpaired) electrons. The Hall–Kier alpha value is -1.07. The first kappa shape index (κ1) is 16.0. The number of nitrogens with two attached hydrogens (primary N) is 1. The van der Waals surface area contributed by atoms with Crippen LogP contribution in [0.3, 0.4) is 0 Å². The van der Waals surface area contributed by atoms with E-state index in [1.54, 1.807) is 14.1 Å². The third kappa shape index (κ3) is 5.20. The van der Waals surface area contributed by atoms with Gasteiger partial charge in [-0.3, -0.25) is 4.79 Å². The van der Waals surface area contributed by atoms with Gasteiger partial charge in [0, 0.05) is 24.6 Å². The molecule has 1 unspecified atom stereocenters. The van der Waals surface area contributed by atoms with Gasteiger partial charge in [0.1, 0.15) is 5.75 Å². The molecule has 0 aliphatic rings. The van der Waals surface area contributed by atoms with Crippen LogP contribution in [0.25, 0.3) is 0 Å². The highest BCUT2D eigenvalue weighted by molar-refractivity contribution is 9.10. The van der Waals surface area contributed by atoms with E-state index >= 15 is 0 Å². The number of hydrogen-bond donors (Lipinski definition) is 1. The number of ether oxygens (including phenoxy) is 1. The summed E-state index contributed by atoms with van der Waals surface area (Å²) in [5.41, 5.74) is 7.01. The summed E-state index contributed by atoms with van der Waals surface area (Å²) >= 11 is 3.44. The molecule has 4 nitrogen and oxygen atoms in total. The van der Waals surface area contributed by atoms with Gasteiger partial charge in [-0.25, -0.2) is 0 Å². The van der Waals surface area contributed by atoms with Crippen LogP contribution in [-0.4, -0.2) is 37.6 Å². The molecule has 0 fully saturated rings. The molecule has 2 N–H and O–H groups in total. The lowest BCUT2D eigenvalue weighted by atomic mass is 10.0. The first-order chi connectivity index (χ1) is 8.93. The van der Waals surface area contributed by atoms with Crippen LogP contribution in [0.4, 0.5) is 0 Å². The van der Waals surface area contributed by atoms with Gasteiger partial charge in [0.2, 0.25) is 0 Å². The molecule has 1 atom stereocenters. The minimum absolute atomic E-state index is 0.0446. The van der Waals surface area contributed by atoms with Crippen molar-refractivity contribution in [3.05, 3.63) is 28.2 Å². The van der Waals surface area contributed by atoms with Gasteiger partial charge in [0.25, 0.3) is 5.91 Å². The van der Waals surface area contributed by atoms with E-state index in [1.165, 1.54) is 4.90 Å². The molecule has 106 valence electrons.